The van der Waals surface area contributed by atoms with Crippen LogP contribution in [0.4, 0.5) is 0 Å². The van der Waals surface area contributed by atoms with Gasteiger partial charge in [-0.25, -0.2) is 4.98 Å². The van der Waals surface area contributed by atoms with Crippen molar-refractivity contribution in [1.82, 2.24) is 4.98 Å². The number of halogens is 1. The first-order valence-corrected chi connectivity index (χ1v) is 9.22. The molecule has 0 N–H and O–H groups in total. The predicted octanol–water partition coefficient (Wildman–Crippen LogP) is 7.08. The quantitative estimate of drug-likeness (QED) is 0.317. The molecular weight excluding hydrogens is 386 g/mol. The Morgan fingerprint density at radius 2 is 1.38 bits per heavy atom. The molecular formula is C23H14BrNO. The van der Waals surface area contributed by atoms with E-state index in [-0.39, 0.29) is 0 Å². The number of fused-ring (bicyclic) bond motifs is 3. The average molecular weight is 400 g/mol. The highest BCUT2D eigenvalue weighted by molar-refractivity contribution is 9.10. The highest BCUT2D eigenvalue weighted by atomic mass is 79.9. The van der Waals surface area contributed by atoms with E-state index in [4.69, 9.17) is 4.42 Å². The second-order valence-electron chi connectivity index (χ2n) is 6.21. The summed E-state index contributed by atoms with van der Waals surface area (Å²) in [6.07, 6.45) is 0. The number of hydrogen-bond donors (Lipinski definition) is 0. The number of rotatable bonds is 2. The molecule has 0 aliphatic carbocycles. The minimum absolute atomic E-state index is 0.642. The first-order chi connectivity index (χ1) is 12.8. The lowest BCUT2D eigenvalue weighted by molar-refractivity contribution is 0.623. The molecule has 0 bridgehead atoms. The van der Waals surface area contributed by atoms with Crippen LogP contribution in [0.3, 0.4) is 0 Å². The minimum atomic E-state index is 0.642. The van der Waals surface area contributed by atoms with Gasteiger partial charge in [0.05, 0.1) is 0 Å². The Morgan fingerprint density at radius 1 is 0.654 bits per heavy atom. The van der Waals surface area contributed by atoms with Crippen molar-refractivity contribution in [3.8, 4) is 22.6 Å². The molecule has 1 aromatic heterocycles. The monoisotopic (exact) mass is 399 g/mol. The van der Waals surface area contributed by atoms with Gasteiger partial charge in [-0.05, 0) is 40.8 Å². The third-order valence-corrected chi connectivity index (χ3v) is 5.25. The van der Waals surface area contributed by atoms with Crippen molar-refractivity contribution >= 4 is 37.8 Å². The maximum atomic E-state index is 6.15. The Labute approximate surface area is 159 Å². The van der Waals surface area contributed by atoms with E-state index in [1.165, 1.54) is 11.1 Å². The van der Waals surface area contributed by atoms with Gasteiger partial charge in [0.1, 0.15) is 5.52 Å². The minimum Gasteiger partial charge on any atom is -0.435 e. The van der Waals surface area contributed by atoms with E-state index in [1.807, 2.05) is 36.4 Å². The van der Waals surface area contributed by atoms with E-state index in [0.29, 0.717) is 5.89 Å². The molecule has 0 amide bonds. The first-order valence-electron chi connectivity index (χ1n) is 8.43. The second kappa shape index (κ2) is 6.11. The molecule has 4 aromatic carbocycles. The zero-order valence-electron chi connectivity index (χ0n) is 13.8. The van der Waals surface area contributed by atoms with E-state index in [1.54, 1.807) is 0 Å². The van der Waals surface area contributed by atoms with Crippen LogP contribution >= 0.6 is 15.9 Å². The molecule has 0 aliphatic heterocycles. The molecule has 0 spiro atoms. The highest BCUT2D eigenvalue weighted by Crippen LogP contribution is 2.34. The van der Waals surface area contributed by atoms with E-state index >= 15 is 0 Å². The van der Waals surface area contributed by atoms with E-state index < -0.39 is 0 Å². The van der Waals surface area contributed by atoms with Gasteiger partial charge >= 0.3 is 0 Å². The largest absolute Gasteiger partial charge is 0.435 e. The van der Waals surface area contributed by atoms with E-state index in [9.17, 15) is 0 Å². The first kappa shape index (κ1) is 15.4. The molecule has 0 radical (unpaired) electrons. The summed E-state index contributed by atoms with van der Waals surface area (Å²) in [6.45, 7) is 0. The molecule has 5 rings (SSSR count). The molecule has 0 saturated carbocycles. The van der Waals surface area contributed by atoms with Gasteiger partial charge in [0, 0.05) is 15.4 Å². The van der Waals surface area contributed by atoms with E-state index in [2.05, 4.69) is 69.4 Å². The van der Waals surface area contributed by atoms with Crippen molar-refractivity contribution < 1.29 is 4.42 Å². The Hall–Kier alpha value is -2.91. The molecule has 5 aromatic rings. The number of hydrogen-bond acceptors (Lipinski definition) is 2. The summed E-state index contributed by atoms with van der Waals surface area (Å²) >= 11 is 3.63. The van der Waals surface area contributed by atoms with Crippen LogP contribution in [0, 0.1) is 0 Å². The number of benzene rings is 4. The lowest BCUT2D eigenvalue weighted by Gasteiger charge is -2.02. The van der Waals surface area contributed by atoms with Crippen molar-refractivity contribution in [2.75, 3.05) is 0 Å². The fourth-order valence-corrected chi connectivity index (χ4v) is 3.83. The predicted molar refractivity (Wildman–Crippen MR) is 110 cm³/mol. The second-order valence-corrected chi connectivity index (χ2v) is 7.07. The number of nitrogens with zero attached hydrogens (tertiary/aromatic N) is 1. The zero-order valence-corrected chi connectivity index (χ0v) is 15.4. The van der Waals surface area contributed by atoms with Gasteiger partial charge in [-0.15, -0.1) is 0 Å². The van der Waals surface area contributed by atoms with Crippen LogP contribution in [-0.2, 0) is 0 Å². The van der Waals surface area contributed by atoms with Crippen LogP contribution in [0.15, 0.2) is 93.8 Å². The summed E-state index contributed by atoms with van der Waals surface area (Å²) in [5.74, 6) is 0.642. The third-order valence-electron chi connectivity index (χ3n) is 4.59. The summed E-state index contributed by atoms with van der Waals surface area (Å²) in [6, 6.07) is 28.9. The summed E-state index contributed by atoms with van der Waals surface area (Å²) in [5.41, 5.74) is 5.04. The smallest absolute Gasteiger partial charge is 0.227 e. The fraction of sp³-hybridized carbons (Fsp3) is 0. The van der Waals surface area contributed by atoms with Crippen LogP contribution < -0.4 is 0 Å². The molecule has 3 heteroatoms. The summed E-state index contributed by atoms with van der Waals surface area (Å²) < 4.78 is 7.17. The highest BCUT2D eigenvalue weighted by Gasteiger charge is 2.13. The van der Waals surface area contributed by atoms with Crippen LogP contribution in [0.1, 0.15) is 0 Å². The van der Waals surface area contributed by atoms with Crippen LogP contribution in [0.25, 0.3) is 44.5 Å². The third kappa shape index (κ3) is 2.52. The van der Waals surface area contributed by atoms with E-state index in [0.717, 1.165) is 31.9 Å². The Morgan fingerprint density at radius 3 is 2.19 bits per heavy atom. The van der Waals surface area contributed by atoms with Gasteiger partial charge in [0.15, 0.2) is 5.58 Å². The maximum absolute atomic E-state index is 6.15. The zero-order chi connectivity index (χ0) is 17.5. The average Bonchev–Trinajstić information content (AvgIpc) is 3.13. The fourth-order valence-electron chi connectivity index (χ4n) is 3.27. The van der Waals surface area contributed by atoms with Crippen molar-refractivity contribution in [2.24, 2.45) is 0 Å². The van der Waals surface area contributed by atoms with Gasteiger partial charge in [-0.3, -0.25) is 0 Å². The van der Waals surface area contributed by atoms with Gasteiger partial charge in [-0.1, -0.05) is 76.6 Å². The van der Waals surface area contributed by atoms with Crippen molar-refractivity contribution in [2.45, 2.75) is 0 Å². The lowest BCUT2D eigenvalue weighted by Crippen LogP contribution is -1.79. The van der Waals surface area contributed by atoms with Crippen LogP contribution in [0.5, 0.6) is 0 Å². The van der Waals surface area contributed by atoms with Gasteiger partial charge in [-0.2, -0.15) is 0 Å². The van der Waals surface area contributed by atoms with Crippen LogP contribution in [-0.4, -0.2) is 4.98 Å². The van der Waals surface area contributed by atoms with Gasteiger partial charge in [0.25, 0.3) is 0 Å². The summed E-state index contributed by atoms with van der Waals surface area (Å²) in [4.78, 5) is 4.69. The normalized spacial score (nSPS) is 11.3. The topological polar surface area (TPSA) is 26.0 Å². The summed E-state index contributed by atoms with van der Waals surface area (Å²) in [5, 5.41) is 2.19. The van der Waals surface area contributed by atoms with Crippen molar-refractivity contribution in [3.05, 3.63) is 89.4 Å². The molecule has 0 saturated heterocycles. The molecule has 0 atom stereocenters. The SMILES string of the molecule is Brc1cccc2ccc3nc(-c4ccc(-c5ccccc5)cc4)oc3c12. The van der Waals surface area contributed by atoms with Crippen molar-refractivity contribution in [3.63, 3.8) is 0 Å². The molecule has 2 nitrogen and oxygen atoms in total. The summed E-state index contributed by atoms with van der Waals surface area (Å²) in [7, 11) is 0. The molecule has 0 aliphatic rings. The Kier molecular flexibility index (Phi) is 3.61. The van der Waals surface area contributed by atoms with Crippen molar-refractivity contribution in [1.29, 1.82) is 0 Å². The molecule has 1 heterocycles. The number of oxazole rings is 1. The molecule has 0 fully saturated rings. The standard InChI is InChI=1S/C23H14BrNO/c24-19-8-4-7-17-13-14-20-22(21(17)19)26-23(25-20)18-11-9-16(10-12-18)15-5-2-1-3-6-15/h1-14H. The maximum Gasteiger partial charge on any atom is 0.227 e. The molecule has 0 unspecified atom stereocenters. The Bertz CT molecular complexity index is 1220. The number of aromatic nitrogens is 1. The molecule has 26 heavy (non-hydrogen) atoms. The Balaban J connectivity index is 1.62. The van der Waals surface area contributed by atoms with Gasteiger partial charge < -0.3 is 4.42 Å². The van der Waals surface area contributed by atoms with Gasteiger partial charge in [0.2, 0.25) is 5.89 Å². The lowest BCUT2D eigenvalue weighted by atomic mass is 10.0. The molecule has 124 valence electrons. The van der Waals surface area contributed by atoms with Crippen LogP contribution in [0.2, 0.25) is 0 Å².